The maximum Gasteiger partial charge on any atom is 1.00 e. The van der Waals surface area contributed by atoms with Crippen LogP contribution < -0.4 is 143 Å². The Morgan fingerprint density at radius 2 is 1.71 bits per heavy atom. The van der Waals surface area contributed by atoms with Crippen molar-refractivity contribution < 1.29 is 173 Å². The molecular formula is C29H45BrCs2N6O7. The summed E-state index contributed by atoms with van der Waals surface area (Å²) in [4.78, 5) is 51.1. The van der Waals surface area contributed by atoms with E-state index in [1.54, 1.807) is 16.8 Å². The number of hydrogen-bond acceptors (Lipinski definition) is 9. The Labute approximate surface area is 393 Å². The zero-order chi connectivity index (χ0) is 31.8. The van der Waals surface area contributed by atoms with Gasteiger partial charge in [-0.2, -0.15) is 0 Å². The van der Waals surface area contributed by atoms with E-state index in [0.717, 1.165) is 75.1 Å². The van der Waals surface area contributed by atoms with Crippen molar-refractivity contribution in [3.8, 4) is 0 Å². The minimum Gasteiger partial charge on any atom is -1.00 e. The largest absolute Gasteiger partial charge is 1.00 e. The van der Waals surface area contributed by atoms with Gasteiger partial charge in [0.1, 0.15) is 17.7 Å². The second-order valence-electron chi connectivity index (χ2n) is 11.9. The molecule has 0 aromatic carbocycles. The average molecular weight is 935 g/mol. The summed E-state index contributed by atoms with van der Waals surface area (Å²) in [5.41, 5.74) is 2.19. The number of nitrogens with zero attached hydrogens (tertiary/aromatic N) is 5. The number of carbonyl (C=O) groups is 3. The Morgan fingerprint density at radius 1 is 1.18 bits per heavy atom. The van der Waals surface area contributed by atoms with Crippen molar-refractivity contribution in [1.29, 1.82) is 0 Å². The van der Waals surface area contributed by atoms with Crippen molar-refractivity contribution in [3.63, 3.8) is 0 Å². The molecule has 0 spiro atoms. The summed E-state index contributed by atoms with van der Waals surface area (Å²) < 4.78 is 13.0. The van der Waals surface area contributed by atoms with E-state index >= 15 is 0 Å². The third kappa shape index (κ3) is 11.9. The number of carbonyl (C=O) groups excluding carboxylic acids is 3. The van der Waals surface area contributed by atoms with Crippen LogP contribution in [0.5, 0.6) is 0 Å². The number of H-pyrrole nitrogens is 1. The molecular weight excluding hydrogens is 890 g/mol. The van der Waals surface area contributed by atoms with E-state index in [0.29, 0.717) is 13.1 Å². The minimum atomic E-state index is -0.181. The first-order valence-electron chi connectivity index (χ1n) is 14.5. The number of alkyl halides is 1. The predicted octanol–water partition coefficient (Wildman–Crippen LogP) is -3.74. The van der Waals surface area contributed by atoms with Crippen LogP contribution in [0.15, 0.2) is 12.4 Å². The van der Waals surface area contributed by atoms with Crippen LogP contribution in [0.4, 0.5) is 0 Å². The van der Waals surface area contributed by atoms with Crippen LogP contribution in [0.3, 0.4) is 0 Å². The van der Waals surface area contributed by atoms with Gasteiger partial charge < -0.3 is 40.4 Å². The second-order valence-corrected chi connectivity index (χ2v) is 13.3. The monoisotopic (exact) mass is 934 g/mol. The second kappa shape index (κ2) is 20.8. The Bertz CT molecular complexity index is 1240. The topological polar surface area (TPSA) is 155 Å². The molecule has 0 bridgehead atoms. The molecule has 45 heavy (non-hydrogen) atoms. The number of imidazole rings is 2. The van der Waals surface area contributed by atoms with Crippen LogP contribution in [0, 0.1) is 0 Å². The van der Waals surface area contributed by atoms with E-state index < -0.39 is 0 Å². The average Bonchev–Trinajstić information content (AvgIpc) is 3.65. The molecule has 0 aliphatic carbocycles. The summed E-state index contributed by atoms with van der Waals surface area (Å²) in [6, 6.07) is -0.147. The minimum absolute atomic E-state index is 0. The van der Waals surface area contributed by atoms with E-state index in [2.05, 4.69) is 54.2 Å². The van der Waals surface area contributed by atoms with Gasteiger partial charge in [0.15, 0.2) is 0 Å². The molecule has 2 aromatic rings. The number of hydrogen-bond donors (Lipinski definition) is 1. The van der Waals surface area contributed by atoms with E-state index in [1.807, 2.05) is 33.3 Å². The first-order valence-corrected chi connectivity index (χ1v) is 15.4. The number of ether oxygens (including phenoxy) is 2. The molecule has 5 rings (SSSR count). The van der Waals surface area contributed by atoms with Crippen molar-refractivity contribution in [3.05, 3.63) is 35.4 Å². The fourth-order valence-electron chi connectivity index (χ4n) is 5.63. The standard InChI is InChI=1S/C14H22BrN3O2.C14H21N3O2.CH2O3.2Cs.H/c1-10(15)12(19)18(3)9-11-8-16-13(17-11)14(2)4-6-20-7-5-14;1-10-12(18)16(3)9-11-8-15-13(17(10)11)14(2)4-6-19-7-5-14;2-1-4-3;;;/h8,10H,4-7,9H2,1-3H3,(H,16,17);8,10H,4-7,9H2,1-3H3;1,3H;;;/q;;;2*+1;-1/p-1. The molecule has 2 saturated heterocycles. The van der Waals surface area contributed by atoms with Gasteiger partial charge in [-0.05, 0) is 39.5 Å². The van der Waals surface area contributed by atoms with Crippen molar-refractivity contribution in [2.24, 2.45) is 0 Å². The molecule has 2 atom stereocenters. The number of nitrogens with one attached hydrogen (secondary N) is 1. The fourth-order valence-corrected chi connectivity index (χ4v) is 5.98. The van der Waals surface area contributed by atoms with E-state index in [9.17, 15) is 9.59 Å². The normalized spacial score (nSPS) is 20.3. The smallest absolute Gasteiger partial charge is 1.00 e. The number of halogens is 1. The summed E-state index contributed by atoms with van der Waals surface area (Å²) in [5.74, 6) is 2.30. The molecule has 16 heteroatoms. The van der Waals surface area contributed by atoms with Crippen LogP contribution in [0.1, 0.15) is 83.9 Å². The van der Waals surface area contributed by atoms with E-state index in [1.165, 1.54) is 0 Å². The number of aromatic nitrogens is 4. The van der Waals surface area contributed by atoms with Gasteiger partial charge in [0.05, 0.1) is 41.7 Å². The third-order valence-corrected chi connectivity index (χ3v) is 8.88. The van der Waals surface area contributed by atoms with Gasteiger partial charge in [0, 0.05) is 51.4 Å². The van der Waals surface area contributed by atoms with Crippen molar-refractivity contribution >= 4 is 34.2 Å². The molecule has 2 fully saturated rings. The van der Waals surface area contributed by atoms with Gasteiger partial charge in [-0.15, -0.1) is 0 Å². The van der Waals surface area contributed by atoms with Crippen LogP contribution in [0.25, 0.3) is 0 Å². The number of fused-ring (bicyclic) bond motifs is 1. The molecule has 2 unspecified atom stereocenters. The van der Waals surface area contributed by atoms with Gasteiger partial charge >= 0.3 is 138 Å². The SMILES string of the molecule is CC(Br)C(=O)N(C)Cc1cnc(C2(C)CCOCC2)[nH]1.CC1C(=O)N(C)Cc2cnc(C3(C)CCOCC3)n21.O=CO[O-].[Cs+].[Cs+].[H-]. The third-order valence-electron chi connectivity index (χ3n) is 8.49. The summed E-state index contributed by atoms with van der Waals surface area (Å²) >= 11 is 3.30. The number of rotatable bonds is 6. The van der Waals surface area contributed by atoms with Gasteiger partial charge in [-0.3, -0.25) is 14.4 Å². The fraction of sp³-hybridized carbons (Fsp3) is 0.690. The molecule has 242 valence electrons. The van der Waals surface area contributed by atoms with Gasteiger partial charge in [0.25, 0.3) is 6.47 Å². The Hall–Kier alpha value is 1.29. The van der Waals surface area contributed by atoms with E-state index in [4.69, 9.17) is 19.5 Å². The van der Waals surface area contributed by atoms with Crippen LogP contribution in [-0.4, -0.2) is 93.0 Å². The Morgan fingerprint density at radius 3 is 2.22 bits per heavy atom. The summed E-state index contributed by atoms with van der Waals surface area (Å²) in [5, 5.41) is 8.43. The molecule has 13 nitrogen and oxygen atoms in total. The Kier molecular flexibility index (Phi) is 20.5. The molecule has 1 N–H and O–H groups in total. The molecule has 0 saturated carbocycles. The zero-order valence-electron chi connectivity index (χ0n) is 28.9. The molecule has 3 aliphatic rings. The quantitative estimate of drug-likeness (QED) is 0.133. The maximum absolute atomic E-state index is 12.2. The van der Waals surface area contributed by atoms with Gasteiger partial charge in [0.2, 0.25) is 11.8 Å². The summed E-state index contributed by atoms with van der Waals surface area (Å²) in [7, 11) is 3.65. The van der Waals surface area contributed by atoms with Crippen molar-refractivity contribution in [1.82, 2.24) is 29.3 Å². The first-order chi connectivity index (χ1) is 20.4. The molecule has 0 radical (unpaired) electrons. The van der Waals surface area contributed by atoms with Crippen LogP contribution >= 0.6 is 15.9 Å². The molecule has 5 heterocycles. The van der Waals surface area contributed by atoms with Gasteiger partial charge in [-0.1, -0.05) is 29.8 Å². The molecule has 2 aromatic heterocycles. The Balaban J connectivity index is 0.000000746. The number of likely N-dealkylation sites (N-methyl/N-ethyl adjacent to an activating group) is 1. The van der Waals surface area contributed by atoms with Gasteiger partial charge in [-0.25, -0.2) is 9.97 Å². The summed E-state index contributed by atoms with van der Waals surface area (Å²) in [6.07, 6.45) is 7.66. The molecule has 2 amide bonds. The number of aromatic amines is 1. The molecule has 3 aliphatic heterocycles. The van der Waals surface area contributed by atoms with Crippen LogP contribution in [-0.2, 0) is 52.7 Å². The zero-order valence-corrected chi connectivity index (χ0v) is 42.1. The van der Waals surface area contributed by atoms with Crippen molar-refractivity contribution in [2.45, 2.75) is 88.2 Å². The van der Waals surface area contributed by atoms with E-state index in [-0.39, 0.29) is 179 Å². The van der Waals surface area contributed by atoms with Crippen LogP contribution in [0.2, 0.25) is 0 Å². The predicted molar refractivity (Wildman–Crippen MR) is 160 cm³/mol. The first kappa shape index (κ1) is 44.3. The maximum atomic E-state index is 12.2. The van der Waals surface area contributed by atoms with Crippen molar-refractivity contribution in [2.75, 3.05) is 40.5 Å². The number of amides is 2. The summed E-state index contributed by atoms with van der Waals surface area (Å²) in [6.45, 7) is 12.4.